The molecule has 3 heteroatoms. The summed E-state index contributed by atoms with van der Waals surface area (Å²) < 4.78 is 4.98. The zero-order valence-electron chi connectivity index (χ0n) is 8.77. The first-order chi connectivity index (χ1) is 7.22. The van der Waals surface area contributed by atoms with E-state index in [2.05, 4.69) is 0 Å². The average Bonchev–Trinajstić information content (AvgIpc) is 2.99. The first-order valence-electron chi connectivity index (χ1n) is 5.24. The highest BCUT2D eigenvalue weighted by atomic mass is 16.5. The summed E-state index contributed by atoms with van der Waals surface area (Å²) in [4.78, 5) is 11.4. The van der Waals surface area contributed by atoms with Crippen molar-refractivity contribution >= 4 is 11.7 Å². The fraction of sp³-hybridized carbons (Fsp3) is 0.417. The van der Waals surface area contributed by atoms with E-state index in [9.17, 15) is 4.79 Å². The van der Waals surface area contributed by atoms with Crippen molar-refractivity contribution < 1.29 is 9.53 Å². The number of benzene rings is 1. The maximum Gasteiger partial charge on any atom is 0.309 e. The van der Waals surface area contributed by atoms with Crippen LogP contribution in [0.4, 0.5) is 5.69 Å². The predicted molar refractivity (Wildman–Crippen MR) is 58.3 cm³/mol. The van der Waals surface area contributed by atoms with E-state index in [1.54, 1.807) is 0 Å². The van der Waals surface area contributed by atoms with E-state index in [0.29, 0.717) is 12.5 Å². The summed E-state index contributed by atoms with van der Waals surface area (Å²) in [5.74, 6) is 0.331. The largest absolute Gasteiger partial charge is 0.466 e. The van der Waals surface area contributed by atoms with E-state index in [4.69, 9.17) is 10.5 Å². The molecule has 2 rings (SSSR count). The number of nitrogen functional groups attached to an aromatic ring is 1. The van der Waals surface area contributed by atoms with Crippen LogP contribution in [0.5, 0.6) is 0 Å². The lowest BCUT2D eigenvalue weighted by Crippen LogP contribution is -2.07. The molecule has 0 spiro atoms. The number of carbonyl (C=O) groups is 1. The van der Waals surface area contributed by atoms with Crippen molar-refractivity contribution in [1.82, 2.24) is 0 Å². The van der Waals surface area contributed by atoms with Crippen LogP contribution in [0, 0.1) is 5.92 Å². The number of carbonyl (C=O) groups excluding carboxylic acids is 1. The Balaban J connectivity index is 1.98. The van der Waals surface area contributed by atoms with Gasteiger partial charge in [0.05, 0.1) is 12.5 Å². The van der Waals surface area contributed by atoms with Crippen LogP contribution in [0.1, 0.15) is 24.8 Å². The van der Waals surface area contributed by atoms with Gasteiger partial charge in [-0.1, -0.05) is 12.1 Å². The lowest BCUT2D eigenvalue weighted by Gasteiger charge is -2.01. The molecule has 0 amide bonds. The average molecular weight is 205 g/mol. The van der Waals surface area contributed by atoms with Crippen LogP contribution in [0.25, 0.3) is 0 Å². The molecule has 0 radical (unpaired) electrons. The van der Waals surface area contributed by atoms with Gasteiger partial charge in [0.2, 0.25) is 0 Å². The number of hydrogen-bond donors (Lipinski definition) is 1. The van der Waals surface area contributed by atoms with Crippen molar-refractivity contribution in [2.75, 3.05) is 12.3 Å². The quantitative estimate of drug-likeness (QED) is 0.606. The Bertz CT molecular complexity index is 358. The first-order valence-corrected chi connectivity index (χ1v) is 5.24. The zero-order chi connectivity index (χ0) is 10.8. The number of esters is 1. The van der Waals surface area contributed by atoms with Gasteiger partial charge in [0.25, 0.3) is 0 Å². The second-order valence-corrected chi connectivity index (χ2v) is 3.87. The van der Waals surface area contributed by atoms with E-state index >= 15 is 0 Å². The molecule has 15 heavy (non-hydrogen) atoms. The highest BCUT2D eigenvalue weighted by Crippen LogP contribution is 2.48. The van der Waals surface area contributed by atoms with Crippen LogP contribution in [-0.2, 0) is 9.53 Å². The molecule has 1 aliphatic rings. The fourth-order valence-electron chi connectivity index (χ4n) is 1.82. The SMILES string of the molecule is CCOC(=O)[C@@H]1CC1c1ccc(N)cc1. The van der Waals surface area contributed by atoms with Crippen molar-refractivity contribution in [1.29, 1.82) is 0 Å². The van der Waals surface area contributed by atoms with Crippen LogP contribution >= 0.6 is 0 Å². The first kappa shape index (κ1) is 10.0. The van der Waals surface area contributed by atoms with Crippen molar-refractivity contribution in [3.8, 4) is 0 Å². The van der Waals surface area contributed by atoms with Gasteiger partial charge in [-0.15, -0.1) is 0 Å². The van der Waals surface area contributed by atoms with E-state index < -0.39 is 0 Å². The third-order valence-corrected chi connectivity index (χ3v) is 2.74. The molecule has 2 atom stereocenters. The van der Waals surface area contributed by atoms with Gasteiger partial charge in [-0.2, -0.15) is 0 Å². The topological polar surface area (TPSA) is 52.3 Å². The molecule has 1 aliphatic carbocycles. The Kier molecular flexibility index (Phi) is 2.62. The lowest BCUT2D eigenvalue weighted by molar-refractivity contribution is -0.144. The minimum Gasteiger partial charge on any atom is -0.466 e. The van der Waals surface area contributed by atoms with E-state index in [-0.39, 0.29) is 11.9 Å². The standard InChI is InChI=1S/C12H15NO2/c1-2-15-12(14)11-7-10(11)8-3-5-9(13)6-4-8/h3-6,10-11H,2,7,13H2,1H3/t10?,11-/m1/s1. The van der Waals surface area contributed by atoms with Gasteiger partial charge in [0.15, 0.2) is 0 Å². The molecule has 1 saturated carbocycles. The zero-order valence-corrected chi connectivity index (χ0v) is 8.77. The second kappa shape index (κ2) is 3.93. The number of rotatable bonds is 3. The monoisotopic (exact) mass is 205 g/mol. The summed E-state index contributed by atoms with van der Waals surface area (Å²) in [7, 11) is 0. The molecule has 0 saturated heterocycles. The van der Waals surface area contributed by atoms with Gasteiger partial charge in [-0.25, -0.2) is 0 Å². The van der Waals surface area contributed by atoms with Crippen molar-refractivity contribution in [2.45, 2.75) is 19.3 Å². The van der Waals surface area contributed by atoms with Gasteiger partial charge in [0, 0.05) is 5.69 Å². The Morgan fingerprint density at radius 1 is 1.47 bits per heavy atom. The molecular weight excluding hydrogens is 190 g/mol. The predicted octanol–water partition coefficient (Wildman–Crippen LogP) is 1.94. The molecule has 0 aromatic heterocycles. The molecular formula is C12H15NO2. The lowest BCUT2D eigenvalue weighted by atomic mass is 10.1. The maximum atomic E-state index is 11.4. The Morgan fingerprint density at radius 2 is 2.13 bits per heavy atom. The molecule has 3 nitrogen and oxygen atoms in total. The summed E-state index contributed by atoms with van der Waals surface area (Å²) >= 11 is 0. The van der Waals surface area contributed by atoms with Crippen LogP contribution in [0.2, 0.25) is 0 Å². The van der Waals surface area contributed by atoms with Gasteiger partial charge < -0.3 is 10.5 Å². The molecule has 0 bridgehead atoms. The van der Waals surface area contributed by atoms with Gasteiger partial charge in [-0.3, -0.25) is 4.79 Å². The van der Waals surface area contributed by atoms with Gasteiger partial charge in [-0.05, 0) is 37.0 Å². The highest BCUT2D eigenvalue weighted by molar-refractivity contribution is 5.77. The molecule has 1 unspecified atom stereocenters. The summed E-state index contributed by atoms with van der Waals surface area (Å²) in [6.45, 7) is 2.29. The normalized spacial score (nSPS) is 23.5. The van der Waals surface area contributed by atoms with E-state index in [1.165, 1.54) is 5.56 Å². The number of hydrogen-bond acceptors (Lipinski definition) is 3. The second-order valence-electron chi connectivity index (χ2n) is 3.87. The molecule has 2 N–H and O–H groups in total. The third-order valence-electron chi connectivity index (χ3n) is 2.74. The molecule has 1 fully saturated rings. The minimum absolute atomic E-state index is 0.0635. The fourth-order valence-corrected chi connectivity index (χ4v) is 1.82. The summed E-state index contributed by atoms with van der Waals surface area (Å²) in [6, 6.07) is 7.71. The van der Waals surface area contributed by atoms with Crippen LogP contribution in [0.3, 0.4) is 0 Å². The molecule has 80 valence electrons. The molecule has 0 heterocycles. The van der Waals surface area contributed by atoms with Gasteiger partial charge >= 0.3 is 5.97 Å². The Morgan fingerprint density at radius 3 is 2.73 bits per heavy atom. The van der Waals surface area contributed by atoms with Crippen molar-refractivity contribution in [3.05, 3.63) is 29.8 Å². The molecule has 1 aromatic rings. The van der Waals surface area contributed by atoms with Crippen molar-refractivity contribution in [2.24, 2.45) is 5.92 Å². The number of nitrogens with two attached hydrogens (primary N) is 1. The van der Waals surface area contributed by atoms with Crippen molar-refractivity contribution in [3.63, 3.8) is 0 Å². The number of anilines is 1. The maximum absolute atomic E-state index is 11.4. The summed E-state index contributed by atoms with van der Waals surface area (Å²) in [5, 5.41) is 0. The Hall–Kier alpha value is -1.51. The molecule has 0 aliphatic heterocycles. The summed E-state index contributed by atoms with van der Waals surface area (Å²) in [6.07, 6.45) is 0.906. The third kappa shape index (κ3) is 2.12. The molecule has 1 aromatic carbocycles. The van der Waals surface area contributed by atoms with Gasteiger partial charge in [0.1, 0.15) is 0 Å². The smallest absolute Gasteiger partial charge is 0.309 e. The van der Waals surface area contributed by atoms with Crippen LogP contribution < -0.4 is 5.73 Å². The van der Waals surface area contributed by atoms with E-state index in [0.717, 1.165) is 12.1 Å². The van der Waals surface area contributed by atoms with Crippen LogP contribution in [-0.4, -0.2) is 12.6 Å². The Labute approximate surface area is 89.2 Å². The van der Waals surface area contributed by atoms with Crippen LogP contribution in [0.15, 0.2) is 24.3 Å². The highest BCUT2D eigenvalue weighted by Gasteiger charge is 2.44. The summed E-state index contributed by atoms with van der Waals surface area (Å²) in [5.41, 5.74) is 7.54. The minimum atomic E-state index is -0.0701. The number of ether oxygens (including phenoxy) is 1. The van der Waals surface area contributed by atoms with E-state index in [1.807, 2.05) is 31.2 Å².